The number of methoxy groups -OCH3 is 1. The number of aryl methyl sites for hydroxylation is 2. The second-order valence-corrected chi connectivity index (χ2v) is 9.51. The summed E-state index contributed by atoms with van der Waals surface area (Å²) in [4.78, 5) is 17.1. The molecule has 0 atom stereocenters. The standard InChI is InChI=1S/C23H29FN4O4S/c1-5-28(6-2)33(30,31)17-8-9-20-19(14-17)26-22(27(20)3)11-12-23(29)25-15-16-7-10-21(32-4)18(24)13-16/h7-10,13-14H,5-6,11-12,15H2,1-4H3,(H,25,29). The van der Waals surface area contributed by atoms with Crippen molar-refractivity contribution in [2.24, 2.45) is 7.05 Å². The number of fused-ring (bicyclic) bond motifs is 1. The first-order chi connectivity index (χ1) is 15.7. The number of halogens is 1. The minimum atomic E-state index is -3.58. The zero-order chi connectivity index (χ0) is 24.2. The van der Waals surface area contributed by atoms with Crippen molar-refractivity contribution in [2.45, 2.75) is 38.1 Å². The normalized spacial score (nSPS) is 11.8. The number of imidazole rings is 1. The van der Waals surface area contributed by atoms with Crippen molar-refractivity contribution < 1.29 is 22.3 Å². The summed E-state index contributed by atoms with van der Waals surface area (Å²) in [5, 5.41) is 2.77. The number of aromatic nitrogens is 2. The SMILES string of the molecule is CCN(CC)S(=O)(=O)c1ccc2c(c1)nc(CCC(=O)NCc1ccc(OC)c(F)c1)n2C. The number of ether oxygens (including phenoxy) is 1. The minimum absolute atomic E-state index is 0.153. The number of rotatable bonds is 10. The van der Waals surface area contributed by atoms with Gasteiger partial charge in [0.2, 0.25) is 15.9 Å². The highest BCUT2D eigenvalue weighted by Crippen LogP contribution is 2.23. The number of nitrogens with zero attached hydrogens (tertiary/aromatic N) is 3. The topological polar surface area (TPSA) is 93.5 Å². The summed E-state index contributed by atoms with van der Waals surface area (Å²) in [6, 6.07) is 9.43. The molecule has 0 bridgehead atoms. The van der Waals surface area contributed by atoms with Gasteiger partial charge in [0.1, 0.15) is 5.82 Å². The Balaban J connectivity index is 1.67. The molecule has 1 amide bonds. The first-order valence-corrected chi connectivity index (χ1v) is 12.2. The van der Waals surface area contributed by atoms with Crippen LogP contribution in [0.4, 0.5) is 4.39 Å². The molecule has 1 aromatic heterocycles. The van der Waals surface area contributed by atoms with Gasteiger partial charge >= 0.3 is 0 Å². The third-order valence-electron chi connectivity index (χ3n) is 5.57. The van der Waals surface area contributed by atoms with Crippen molar-refractivity contribution in [1.29, 1.82) is 0 Å². The van der Waals surface area contributed by atoms with Crippen LogP contribution in [0, 0.1) is 5.82 Å². The van der Waals surface area contributed by atoms with Gasteiger partial charge in [-0.05, 0) is 35.9 Å². The second kappa shape index (κ2) is 10.3. The molecule has 0 saturated heterocycles. The van der Waals surface area contributed by atoms with Crippen molar-refractivity contribution in [3.05, 3.63) is 53.6 Å². The van der Waals surface area contributed by atoms with Crippen LogP contribution in [0.5, 0.6) is 5.75 Å². The number of hydrogen-bond acceptors (Lipinski definition) is 5. The lowest BCUT2D eigenvalue weighted by atomic mass is 10.2. The zero-order valence-corrected chi connectivity index (χ0v) is 20.1. The average molecular weight is 477 g/mol. The lowest BCUT2D eigenvalue weighted by molar-refractivity contribution is -0.121. The van der Waals surface area contributed by atoms with Crippen molar-refractivity contribution in [3.63, 3.8) is 0 Å². The summed E-state index contributed by atoms with van der Waals surface area (Å²) in [5.41, 5.74) is 1.98. The lowest BCUT2D eigenvalue weighted by Gasteiger charge is -2.18. The van der Waals surface area contributed by atoms with E-state index in [-0.39, 0.29) is 29.5 Å². The van der Waals surface area contributed by atoms with E-state index < -0.39 is 15.8 Å². The smallest absolute Gasteiger partial charge is 0.243 e. The van der Waals surface area contributed by atoms with Gasteiger partial charge in [-0.15, -0.1) is 0 Å². The van der Waals surface area contributed by atoms with Crippen LogP contribution in [0.3, 0.4) is 0 Å². The van der Waals surface area contributed by atoms with Crippen molar-refractivity contribution >= 4 is 27.0 Å². The van der Waals surface area contributed by atoms with Crippen LogP contribution in [-0.4, -0.2) is 48.4 Å². The van der Waals surface area contributed by atoms with Crippen LogP contribution >= 0.6 is 0 Å². The fourth-order valence-electron chi connectivity index (χ4n) is 3.66. The van der Waals surface area contributed by atoms with Crippen LogP contribution in [0.2, 0.25) is 0 Å². The number of benzene rings is 2. The Hall–Kier alpha value is -2.98. The van der Waals surface area contributed by atoms with Gasteiger partial charge in [-0.25, -0.2) is 17.8 Å². The molecule has 3 aromatic rings. The van der Waals surface area contributed by atoms with Gasteiger partial charge in [0, 0.05) is 39.5 Å². The van der Waals surface area contributed by atoms with Crippen molar-refractivity contribution in [3.8, 4) is 5.75 Å². The monoisotopic (exact) mass is 476 g/mol. The maximum atomic E-state index is 13.8. The van der Waals surface area contributed by atoms with E-state index in [2.05, 4.69) is 10.3 Å². The summed E-state index contributed by atoms with van der Waals surface area (Å²) < 4.78 is 47.5. The molecule has 0 aliphatic rings. The lowest BCUT2D eigenvalue weighted by Crippen LogP contribution is -2.30. The predicted molar refractivity (Wildman–Crippen MR) is 124 cm³/mol. The Morgan fingerprint density at radius 3 is 2.55 bits per heavy atom. The van der Waals surface area contributed by atoms with Crippen LogP contribution in [0.15, 0.2) is 41.3 Å². The van der Waals surface area contributed by atoms with E-state index in [1.54, 1.807) is 38.1 Å². The number of carbonyl (C=O) groups is 1. The summed E-state index contributed by atoms with van der Waals surface area (Å²) in [5.74, 6) is 0.155. The molecule has 1 heterocycles. The highest BCUT2D eigenvalue weighted by molar-refractivity contribution is 7.89. The number of hydrogen-bond donors (Lipinski definition) is 1. The molecule has 2 aromatic carbocycles. The minimum Gasteiger partial charge on any atom is -0.494 e. The Bertz CT molecular complexity index is 1250. The van der Waals surface area contributed by atoms with Gasteiger partial charge in [-0.1, -0.05) is 19.9 Å². The number of nitrogens with one attached hydrogen (secondary N) is 1. The molecular weight excluding hydrogens is 447 g/mol. The van der Waals surface area contributed by atoms with Gasteiger partial charge in [-0.3, -0.25) is 4.79 Å². The van der Waals surface area contributed by atoms with Gasteiger partial charge < -0.3 is 14.6 Å². The Kier molecular flexibility index (Phi) is 7.70. The number of amides is 1. The van der Waals surface area contributed by atoms with E-state index in [4.69, 9.17) is 4.74 Å². The first kappa shape index (κ1) is 24.7. The van der Waals surface area contributed by atoms with Gasteiger partial charge in [0.15, 0.2) is 11.6 Å². The molecule has 10 heteroatoms. The fraction of sp³-hybridized carbons (Fsp3) is 0.391. The molecule has 0 unspecified atom stereocenters. The highest BCUT2D eigenvalue weighted by atomic mass is 32.2. The van der Waals surface area contributed by atoms with E-state index in [9.17, 15) is 17.6 Å². The molecule has 33 heavy (non-hydrogen) atoms. The molecule has 0 spiro atoms. The summed E-state index contributed by atoms with van der Waals surface area (Å²) >= 11 is 0. The second-order valence-electron chi connectivity index (χ2n) is 7.57. The fourth-order valence-corrected chi connectivity index (χ4v) is 5.14. The van der Waals surface area contributed by atoms with Crippen molar-refractivity contribution in [2.75, 3.05) is 20.2 Å². The van der Waals surface area contributed by atoms with E-state index >= 15 is 0 Å². The Labute approximate surface area is 193 Å². The summed E-state index contributed by atoms with van der Waals surface area (Å²) in [6.07, 6.45) is 0.576. The van der Waals surface area contributed by atoms with Crippen LogP contribution in [-0.2, 0) is 34.8 Å². The molecule has 0 saturated carbocycles. The molecule has 1 N–H and O–H groups in total. The Morgan fingerprint density at radius 2 is 1.91 bits per heavy atom. The molecular formula is C23H29FN4O4S. The summed E-state index contributed by atoms with van der Waals surface area (Å²) in [6.45, 7) is 4.59. The average Bonchev–Trinajstić information content (AvgIpc) is 3.12. The van der Waals surface area contributed by atoms with E-state index in [0.717, 1.165) is 5.52 Å². The third-order valence-corrected chi connectivity index (χ3v) is 7.62. The maximum Gasteiger partial charge on any atom is 0.243 e. The van der Waals surface area contributed by atoms with Crippen LogP contribution in [0.1, 0.15) is 31.7 Å². The van der Waals surface area contributed by atoms with E-state index in [1.807, 2.05) is 11.6 Å². The van der Waals surface area contributed by atoms with Crippen molar-refractivity contribution in [1.82, 2.24) is 19.2 Å². The number of carbonyl (C=O) groups excluding carboxylic acids is 1. The first-order valence-electron chi connectivity index (χ1n) is 10.8. The quantitative estimate of drug-likeness (QED) is 0.486. The highest BCUT2D eigenvalue weighted by Gasteiger charge is 2.22. The third kappa shape index (κ3) is 5.33. The van der Waals surface area contributed by atoms with Gasteiger partial charge in [0.25, 0.3) is 0 Å². The Morgan fingerprint density at radius 1 is 1.18 bits per heavy atom. The van der Waals surface area contributed by atoms with E-state index in [1.165, 1.54) is 23.5 Å². The number of sulfonamides is 1. The van der Waals surface area contributed by atoms with E-state index in [0.29, 0.717) is 36.4 Å². The van der Waals surface area contributed by atoms with Crippen LogP contribution in [0.25, 0.3) is 11.0 Å². The molecule has 0 radical (unpaired) electrons. The molecule has 0 aliphatic carbocycles. The zero-order valence-electron chi connectivity index (χ0n) is 19.3. The predicted octanol–water partition coefficient (Wildman–Crippen LogP) is 3.00. The van der Waals surface area contributed by atoms with Gasteiger partial charge in [0.05, 0.1) is 23.0 Å². The largest absolute Gasteiger partial charge is 0.494 e. The molecule has 0 aliphatic heterocycles. The molecule has 0 fully saturated rings. The molecule has 3 rings (SSSR count). The van der Waals surface area contributed by atoms with Gasteiger partial charge in [-0.2, -0.15) is 4.31 Å². The molecule has 178 valence electrons. The van der Waals surface area contributed by atoms with Crippen LogP contribution < -0.4 is 10.1 Å². The molecule has 8 nitrogen and oxygen atoms in total. The maximum absolute atomic E-state index is 13.8. The summed E-state index contributed by atoms with van der Waals surface area (Å²) in [7, 11) is -0.349.